The van der Waals surface area contributed by atoms with Crippen molar-refractivity contribution in [1.82, 2.24) is 4.98 Å². The molecule has 32 heavy (non-hydrogen) atoms. The van der Waals surface area contributed by atoms with E-state index in [0.717, 1.165) is 0 Å². The minimum Gasteiger partial charge on any atom is -0.234 e. The van der Waals surface area contributed by atoms with Crippen LogP contribution in [0.25, 0.3) is 11.1 Å². The summed E-state index contributed by atoms with van der Waals surface area (Å²) >= 11 is 0. The fraction of sp³-hybridized carbons (Fsp3) is 0. The summed E-state index contributed by atoms with van der Waals surface area (Å²) in [6, 6.07) is 25.4. The highest BCUT2D eigenvalue weighted by molar-refractivity contribution is 5.85. The fourth-order valence-corrected chi connectivity index (χ4v) is 2.99. The van der Waals surface area contributed by atoms with E-state index in [9.17, 15) is 9.59 Å². The molecule has 4 rings (SSSR count). The van der Waals surface area contributed by atoms with Gasteiger partial charge in [-0.1, -0.05) is 54.6 Å². The monoisotopic (exact) mass is 417 g/mol. The van der Waals surface area contributed by atoms with Crippen LogP contribution in [0.2, 0.25) is 0 Å². The number of nitrogens with zero attached hydrogens (tertiary/aromatic N) is 5. The van der Waals surface area contributed by atoms with Gasteiger partial charge in [0.2, 0.25) is 0 Å². The average molecular weight is 417 g/mol. The first kappa shape index (κ1) is 20.4. The van der Waals surface area contributed by atoms with E-state index in [1.54, 1.807) is 42.3 Å². The van der Waals surface area contributed by atoms with Gasteiger partial charge in [-0.3, -0.25) is 0 Å². The number of rotatable bonds is 5. The highest BCUT2D eigenvalue weighted by Crippen LogP contribution is 2.34. The molecule has 152 valence electrons. The molecule has 4 aromatic rings. The molecule has 1 aromatic heterocycles. The van der Waals surface area contributed by atoms with E-state index in [-0.39, 0.29) is 21.8 Å². The molecule has 0 atom stereocenters. The van der Waals surface area contributed by atoms with Crippen molar-refractivity contribution in [3.8, 4) is 11.1 Å². The zero-order valence-corrected chi connectivity index (χ0v) is 16.7. The van der Waals surface area contributed by atoms with Crippen molar-refractivity contribution in [3.63, 3.8) is 0 Å². The second-order valence-electron chi connectivity index (χ2n) is 6.54. The van der Waals surface area contributed by atoms with Crippen molar-refractivity contribution in [1.29, 1.82) is 0 Å². The summed E-state index contributed by atoms with van der Waals surface area (Å²) in [5.41, 5.74) is 2.54. The van der Waals surface area contributed by atoms with Gasteiger partial charge < -0.3 is 0 Å². The van der Waals surface area contributed by atoms with E-state index >= 15 is 0 Å². The Morgan fingerprint density at radius 1 is 0.625 bits per heavy atom. The maximum absolute atomic E-state index is 11.8. The number of hydrogen-bond donors (Lipinski definition) is 0. The zero-order chi connectivity index (χ0) is 22.2. The van der Waals surface area contributed by atoms with Crippen LogP contribution in [-0.2, 0) is 9.59 Å². The van der Waals surface area contributed by atoms with Crippen LogP contribution in [0.5, 0.6) is 0 Å². The molecule has 0 aliphatic heterocycles. The molecule has 0 aliphatic carbocycles. The van der Waals surface area contributed by atoms with E-state index in [0.29, 0.717) is 22.6 Å². The zero-order valence-electron chi connectivity index (χ0n) is 16.7. The minimum absolute atomic E-state index is 0.0145. The highest BCUT2D eigenvalue weighted by atomic mass is 16.1. The first-order valence-electron chi connectivity index (χ1n) is 9.62. The summed E-state index contributed by atoms with van der Waals surface area (Å²) in [5, 5.41) is 17.0. The maximum atomic E-state index is 11.8. The van der Waals surface area contributed by atoms with Gasteiger partial charge in [0.1, 0.15) is 11.9 Å². The lowest BCUT2D eigenvalue weighted by molar-refractivity contribution is 0.564. The molecule has 0 saturated heterocycles. The van der Waals surface area contributed by atoms with E-state index in [1.807, 2.05) is 54.5 Å². The SMILES string of the molecule is O=C=c1cnc(N=Nc2ccccc2)c(-c2ccccc2N=Nc2ccccc2)c1=C=O. The maximum Gasteiger partial charge on any atom is 0.183 e. The second-order valence-corrected chi connectivity index (χ2v) is 6.54. The lowest BCUT2D eigenvalue weighted by Crippen LogP contribution is -2.30. The topological polar surface area (TPSA) is 96.5 Å². The van der Waals surface area contributed by atoms with Crippen LogP contribution < -0.4 is 10.4 Å². The van der Waals surface area contributed by atoms with E-state index in [2.05, 4.69) is 25.4 Å². The summed E-state index contributed by atoms with van der Waals surface area (Å²) in [7, 11) is 0. The van der Waals surface area contributed by atoms with E-state index in [4.69, 9.17) is 0 Å². The van der Waals surface area contributed by atoms with Crippen LogP contribution in [0.3, 0.4) is 0 Å². The molecule has 0 aliphatic rings. The molecule has 0 N–H and O–H groups in total. The third kappa shape index (κ3) is 4.50. The number of benzene rings is 3. The standard InChI is InChI=1S/C25H15N5O2/c31-16-18-15-26-25(30-28-20-11-5-2-6-12-20)24(22(18)17-32)21-13-7-8-14-23(21)29-27-19-9-3-1-4-10-19/h1-15H. The first-order valence-corrected chi connectivity index (χ1v) is 9.62. The lowest BCUT2D eigenvalue weighted by atomic mass is 10.0. The molecule has 7 nitrogen and oxygen atoms in total. The summed E-state index contributed by atoms with van der Waals surface area (Å²) in [6.07, 6.45) is 1.23. The van der Waals surface area contributed by atoms with Crippen molar-refractivity contribution >= 4 is 34.8 Å². The van der Waals surface area contributed by atoms with Crippen molar-refractivity contribution in [2.45, 2.75) is 0 Å². The number of hydrogen-bond acceptors (Lipinski definition) is 7. The lowest BCUT2D eigenvalue weighted by Gasteiger charge is -2.07. The van der Waals surface area contributed by atoms with Crippen LogP contribution in [0.1, 0.15) is 0 Å². The molecule has 0 radical (unpaired) electrons. The first-order chi connectivity index (χ1) is 15.8. The molecular weight excluding hydrogens is 402 g/mol. The van der Waals surface area contributed by atoms with Gasteiger partial charge in [-0.25, -0.2) is 14.6 Å². The summed E-state index contributed by atoms with van der Waals surface area (Å²) < 4.78 is 0. The molecular formula is C25H15N5O2. The van der Waals surface area contributed by atoms with Crippen molar-refractivity contribution < 1.29 is 9.59 Å². The van der Waals surface area contributed by atoms with Gasteiger partial charge in [0.25, 0.3) is 0 Å². The van der Waals surface area contributed by atoms with Crippen molar-refractivity contribution in [2.24, 2.45) is 20.5 Å². The van der Waals surface area contributed by atoms with Gasteiger partial charge in [-0.05, 0) is 30.3 Å². The number of pyridine rings is 1. The molecule has 0 spiro atoms. The molecule has 1 heterocycles. The van der Waals surface area contributed by atoms with Crippen LogP contribution in [0, 0.1) is 0 Å². The smallest absolute Gasteiger partial charge is 0.183 e. The van der Waals surface area contributed by atoms with Gasteiger partial charge in [-0.15, -0.1) is 15.3 Å². The Morgan fingerprint density at radius 3 is 1.84 bits per heavy atom. The van der Waals surface area contributed by atoms with Gasteiger partial charge >= 0.3 is 0 Å². The highest BCUT2D eigenvalue weighted by Gasteiger charge is 2.15. The Hall–Kier alpha value is -4.83. The minimum atomic E-state index is -0.0246. The summed E-state index contributed by atoms with van der Waals surface area (Å²) in [5.74, 6) is 3.71. The third-order valence-electron chi connectivity index (χ3n) is 4.49. The van der Waals surface area contributed by atoms with Gasteiger partial charge in [-0.2, -0.15) is 5.11 Å². The van der Waals surface area contributed by atoms with Crippen LogP contribution in [0.15, 0.2) is 112 Å². The Kier molecular flexibility index (Phi) is 6.25. The predicted octanol–water partition coefficient (Wildman–Crippen LogP) is 4.59. The molecule has 7 heteroatoms. The third-order valence-corrected chi connectivity index (χ3v) is 4.49. The Labute approximate surface area is 182 Å². The molecule has 0 amide bonds. The van der Waals surface area contributed by atoms with Crippen LogP contribution >= 0.6 is 0 Å². The van der Waals surface area contributed by atoms with Gasteiger partial charge in [0.15, 0.2) is 5.82 Å². The Morgan fingerprint density at radius 2 is 1.22 bits per heavy atom. The van der Waals surface area contributed by atoms with Crippen LogP contribution in [0.4, 0.5) is 22.9 Å². The molecule has 0 unspecified atom stereocenters. The average Bonchev–Trinajstić information content (AvgIpc) is 2.87. The molecule has 3 aromatic carbocycles. The predicted molar refractivity (Wildman–Crippen MR) is 120 cm³/mol. The largest absolute Gasteiger partial charge is 0.234 e. The van der Waals surface area contributed by atoms with Crippen LogP contribution in [-0.4, -0.2) is 16.9 Å². The van der Waals surface area contributed by atoms with Crippen molar-refractivity contribution in [3.05, 3.63) is 102 Å². The van der Waals surface area contributed by atoms with E-state index < -0.39 is 0 Å². The van der Waals surface area contributed by atoms with Crippen molar-refractivity contribution in [2.75, 3.05) is 0 Å². The fourth-order valence-electron chi connectivity index (χ4n) is 2.99. The Bertz CT molecular complexity index is 1470. The summed E-state index contributed by atoms with van der Waals surface area (Å²) in [4.78, 5) is 27.5. The quantitative estimate of drug-likeness (QED) is 0.444. The number of carbonyl (C=O) groups excluding carboxylic acids is 2. The van der Waals surface area contributed by atoms with Gasteiger partial charge in [0.05, 0.1) is 33.1 Å². The molecule has 0 saturated carbocycles. The molecule has 0 bridgehead atoms. The normalized spacial score (nSPS) is 10.9. The molecule has 0 fully saturated rings. The second kappa shape index (κ2) is 9.78. The Balaban J connectivity index is 1.92. The van der Waals surface area contributed by atoms with E-state index in [1.165, 1.54) is 6.20 Å². The summed E-state index contributed by atoms with van der Waals surface area (Å²) in [6.45, 7) is 0. The number of aromatic nitrogens is 1. The van der Waals surface area contributed by atoms with Gasteiger partial charge in [0, 0.05) is 11.8 Å². The number of azo groups is 2.